The lowest BCUT2D eigenvalue weighted by atomic mass is 9.95. The first kappa shape index (κ1) is 16.1. The highest BCUT2D eigenvalue weighted by molar-refractivity contribution is 7.78. The van der Waals surface area contributed by atoms with Gasteiger partial charge in [-0.25, -0.2) is 0 Å². The van der Waals surface area contributed by atoms with E-state index in [0.29, 0.717) is 16.9 Å². The first-order valence-corrected chi connectivity index (χ1v) is 6.90. The van der Waals surface area contributed by atoms with Gasteiger partial charge in [0.05, 0.1) is 7.11 Å². The zero-order chi connectivity index (χ0) is 16.2. The predicted molar refractivity (Wildman–Crippen MR) is 88.4 cm³/mol. The molecular formula is C15H17N3O3S. The molecule has 6 nitrogen and oxygen atoms in total. The van der Waals surface area contributed by atoms with E-state index in [1.54, 1.807) is 24.3 Å². The summed E-state index contributed by atoms with van der Waals surface area (Å²) in [5.41, 5.74) is -0.388. The lowest BCUT2D eigenvalue weighted by Crippen LogP contribution is -2.46. The molecule has 0 aromatic heterocycles. The van der Waals surface area contributed by atoms with Crippen molar-refractivity contribution < 1.29 is 14.3 Å². The number of Topliss-reactive ketones (excluding diaryl/α,β-unsaturated/α-hetero) is 1. The summed E-state index contributed by atoms with van der Waals surface area (Å²) in [6, 6.07) is 7.24. The van der Waals surface area contributed by atoms with E-state index in [4.69, 9.17) is 9.47 Å². The summed E-state index contributed by atoms with van der Waals surface area (Å²) >= 11 is 3.98. The van der Waals surface area contributed by atoms with Crippen molar-refractivity contribution >= 4 is 30.7 Å². The van der Waals surface area contributed by atoms with Gasteiger partial charge in [-0.2, -0.15) is 4.99 Å². The number of nitrogens with one attached hydrogen (secondary N) is 2. The van der Waals surface area contributed by atoms with Gasteiger partial charge in [-0.3, -0.25) is 10.1 Å². The molecule has 0 aliphatic carbocycles. The summed E-state index contributed by atoms with van der Waals surface area (Å²) in [5, 5.41) is 2.83. The topological polar surface area (TPSA) is 72.0 Å². The minimum atomic E-state index is -1.54. The third-order valence-corrected chi connectivity index (χ3v) is 3.47. The number of benzene rings is 1. The minimum Gasteiger partial charge on any atom is -0.468 e. The molecule has 1 unspecified atom stereocenters. The van der Waals surface area contributed by atoms with E-state index >= 15 is 0 Å². The molecule has 0 amide bonds. The molecular weight excluding hydrogens is 302 g/mol. The van der Waals surface area contributed by atoms with Gasteiger partial charge in [0.2, 0.25) is 5.78 Å². The van der Waals surface area contributed by atoms with Crippen LogP contribution in [-0.2, 0) is 9.47 Å². The minimum absolute atomic E-state index is 0.144. The highest BCUT2D eigenvalue weighted by Crippen LogP contribution is 2.26. The van der Waals surface area contributed by atoms with Gasteiger partial charge in [0.25, 0.3) is 11.7 Å². The molecule has 1 heterocycles. The quantitative estimate of drug-likeness (QED) is 0.569. The van der Waals surface area contributed by atoms with Gasteiger partial charge in [0.15, 0.2) is 0 Å². The SMILES string of the molecule is C=Cc1ccccc1C(=O)C1(OC)C=C(NS)NC(OC)=N1. The molecule has 0 saturated carbocycles. The van der Waals surface area contributed by atoms with Crippen LogP contribution in [0.5, 0.6) is 0 Å². The van der Waals surface area contributed by atoms with Crippen molar-refractivity contribution in [1.82, 2.24) is 10.0 Å². The van der Waals surface area contributed by atoms with Crippen LogP contribution in [0.1, 0.15) is 15.9 Å². The maximum atomic E-state index is 13.0. The van der Waals surface area contributed by atoms with Crippen LogP contribution in [0.3, 0.4) is 0 Å². The van der Waals surface area contributed by atoms with Crippen LogP contribution < -0.4 is 10.0 Å². The average molecular weight is 319 g/mol. The predicted octanol–water partition coefficient (Wildman–Crippen LogP) is 1.74. The highest BCUT2D eigenvalue weighted by atomic mass is 32.1. The molecule has 0 bridgehead atoms. The Morgan fingerprint density at radius 3 is 2.77 bits per heavy atom. The van der Waals surface area contributed by atoms with Crippen molar-refractivity contribution in [2.24, 2.45) is 4.99 Å². The summed E-state index contributed by atoms with van der Waals surface area (Å²) in [6.45, 7) is 3.72. The Kier molecular flexibility index (Phi) is 4.89. The Bertz CT molecular complexity index is 635. The monoisotopic (exact) mass is 319 g/mol. The number of amidine groups is 1. The molecule has 2 N–H and O–H groups in total. The van der Waals surface area contributed by atoms with Crippen LogP contribution in [0.15, 0.2) is 47.7 Å². The Labute approximate surface area is 134 Å². The summed E-state index contributed by atoms with van der Waals surface area (Å²) in [6.07, 6.45) is 3.12. The lowest BCUT2D eigenvalue weighted by Gasteiger charge is -2.29. The molecule has 1 aliphatic heterocycles. The Hall–Kier alpha value is -2.25. The van der Waals surface area contributed by atoms with Crippen molar-refractivity contribution in [3.63, 3.8) is 0 Å². The molecule has 0 saturated heterocycles. The number of carbonyl (C=O) groups excluding carboxylic acids is 1. The molecule has 2 rings (SSSR count). The van der Waals surface area contributed by atoms with E-state index in [1.165, 1.54) is 20.3 Å². The van der Waals surface area contributed by atoms with Crippen LogP contribution in [0.2, 0.25) is 0 Å². The zero-order valence-electron chi connectivity index (χ0n) is 12.3. The number of rotatable bonds is 5. The van der Waals surface area contributed by atoms with Gasteiger partial charge in [0, 0.05) is 18.7 Å². The maximum Gasteiger partial charge on any atom is 0.293 e. The van der Waals surface area contributed by atoms with Crippen LogP contribution in [-0.4, -0.2) is 31.7 Å². The first-order chi connectivity index (χ1) is 10.6. The molecule has 0 spiro atoms. The third kappa shape index (κ3) is 2.86. The van der Waals surface area contributed by atoms with Gasteiger partial charge < -0.3 is 14.2 Å². The zero-order valence-corrected chi connectivity index (χ0v) is 13.2. The number of aliphatic imine (C=N–C) groups is 1. The second-order valence-electron chi connectivity index (χ2n) is 4.44. The van der Waals surface area contributed by atoms with Crippen LogP contribution in [0.25, 0.3) is 6.08 Å². The smallest absolute Gasteiger partial charge is 0.293 e. The molecule has 116 valence electrons. The number of hydrogen-bond acceptors (Lipinski definition) is 7. The number of methoxy groups -OCH3 is 2. The molecule has 1 aromatic carbocycles. The summed E-state index contributed by atoms with van der Waals surface area (Å²) in [4.78, 5) is 17.2. The first-order valence-electron chi connectivity index (χ1n) is 6.45. The molecule has 1 atom stereocenters. The van der Waals surface area contributed by atoms with Crippen LogP contribution >= 0.6 is 12.8 Å². The molecule has 7 heteroatoms. The van der Waals surface area contributed by atoms with Gasteiger partial charge in [0.1, 0.15) is 5.82 Å². The van der Waals surface area contributed by atoms with Crippen LogP contribution in [0.4, 0.5) is 0 Å². The number of nitrogens with zero attached hydrogens (tertiary/aromatic N) is 1. The maximum absolute atomic E-state index is 13.0. The summed E-state index contributed by atoms with van der Waals surface area (Å²) in [7, 11) is 2.85. The van der Waals surface area contributed by atoms with Gasteiger partial charge in [-0.15, -0.1) is 0 Å². The van der Waals surface area contributed by atoms with E-state index < -0.39 is 5.72 Å². The number of carbonyl (C=O) groups is 1. The fraction of sp³-hybridized carbons (Fsp3) is 0.200. The van der Waals surface area contributed by atoms with Gasteiger partial charge in [-0.1, -0.05) is 49.7 Å². The number of ether oxygens (including phenoxy) is 2. The summed E-state index contributed by atoms with van der Waals surface area (Å²) < 4.78 is 13.1. The van der Waals surface area contributed by atoms with E-state index in [0.717, 1.165) is 0 Å². The van der Waals surface area contributed by atoms with Crippen molar-refractivity contribution in [2.75, 3.05) is 14.2 Å². The van der Waals surface area contributed by atoms with Crippen molar-refractivity contribution in [3.05, 3.63) is 53.9 Å². The van der Waals surface area contributed by atoms with Gasteiger partial charge in [-0.05, 0) is 5.56 Å². The second-order valence-corrected chi connectivity index (χ2v) is 4.66. The van der Waals surface area contributed by atoms with Crippen molar-refractivity contribution in [2.45, 2.75) is 5.72 Å². The van der Waals surface area contributed by atoms with E-state index in [1.807, 2.05) is 6.07 Å². The molecule has 22 heavy (non-hydrogen) atoms. The molecule has 1 aliphatic rings. The second kappa shape index (κ2) is 6.67. The fourth-order valence-electron chi connectivity index (χ4n) is 2.10. The van der Waals surface area contributed by atoms with E-state index in [2.05, 4.69) is 34.4 Å². The number of thiol groups is 1. The third-order valence-electron chi connectivity index (χ3n) is 3.22. The Morgan fingerprint density at radius 2 is 2.18 bits per heavy atom. The number of ketones is 1. The molecule has 1 aromatic rings. The van der Waals surface area contributed by atoms with Crippen molar-refractivity contribution in [3.8, 4) is 0 Å². The Morgan fingerprint density at radius 1 is 1.45 bits per heavy atom. The highest BCUT2D eigenvalue weighted by Gasteiger charge is 2.41. The normalized spacial score (nSPS) is 20.3. The Balaban J connectivity index is 2.55. The summed E-state index contributed by atoms with van der Waals surface area (Å²) in [5.74, 6) is 0.101. The lowest BCUT2D eigenvalue weighted by molar-refractivity contribution is 0.0295. The van der Waals surface area contributed by atoms with E-state index in [-0.39, 0.29) is 11.8 Å². The standard InChI is InChI=1S/C15H17N3O3S/c1-4-10-7-5-6-8-11(10)13(19)15(21-3)9-12(18-22)16-14(17-15)20-2/h4-9,18,22H,1H2,2-3H3,(H,16,17). The number of hydrogen-bond donors (Lipinski definition) is 3. The van der Waals surface area contributed by atoms with Crippen molar-refractivity contribution in [1.29, 1.82) is 0 Å². The molecule has 0 radical (unpaired) electrons. The van der Waals surface area contributed by atoms with Crippen LogP contribution in [0, 0.1) is 0 Å². The fourth-order valence-corrected chi connectivity index (χ4v) is 2.22. The van der Waals surface area contributed by atoms with Gasteiger partial charge >= 0.3 is 0 Å². The van der Waals surface area contributed by atoms with E-state index in [9.17, 15) is 4.79 Å². The molecule has 0 fully saturated rings. The largest absolute Gasteiger partial charge is 0.468 e. The average Bonchev–Trinajstić information content (AvgIpc) is 2.60.